The van der Waals surface area contributed by atoms with Crippen molar-refractivity contribution in [1.29, 1.82) is 5.26 Å². The van der Waals surface area contributed by atoms with Crippen LogP contribution in [0.5, 0.6) is 5.75 Å². The third kappa shape index (κ3) is 2.74. The molecule has 0 fully saturated rings. The molecule has 0 spiro atoms. The molecule has 1 heterocycles. The lowest BCUT2D eigenvalue weighted by molar-refractivity contribution is -0.139. The summed E-state index contributed by atoms with van der Waals surface area (Å²) in [6.45, 7) is 3.50. The molecule has 0 aromatic heterocycles. The van der Waals surface area contributed by atoms with Crippen LogP contribution < -0.4 is 5.73 Å². The summed E-state index contributed by atoms with van der Waals surface area (Å²) < 4.78 is 10.4. The Kier molecular flexibility index (Phi) is 4.37. The van der Waals surface area contributed by atoms with Gasteiger partial charge in [0.15, 0.2) is 0 Å². The Bertz CT molecular complexity index is 696. The zero-order valence-electron chi connectivity index (χ0n) is 12.3. The first-order valence-corrected chi connectivity index (χ1v) is 6.74. The molecule has 0 saturated heterocycles. The Labute approximate surface area is 128 Å². The van der Waals surface area contributed by atoms with Crippen LogP contribution in [0.3, 0.4) is 0 Å². The van der Waals surface area contributed by atoms with E-state index in [0.29, 0.717) is 11.3 Å². The van der Waals surface area contributed by atoms with Crippen LogP contribution in [-0.4, -0.2) is 17.7 Å². The molecular formula is C16H16N2O4. The number of carbonyl (C=O) groups is 1. The van der Waals surface area contributed by atoms with Crippen LogP contribution in [0.2, 0.25) is 0 Å². The van der Waals surface area contributed by atoms with Gasteiger partial charge in [-0.2, -0.15) is 5.26 Å². The van der Waals surface area contributed by atoms with Gasteiger partial charge in [0.1, 0.15) is 23.2 Å². The van der Waals surface area contributed by atoms with Gasteiger partial charge in [0.25, 0.3) is 0 Å². The molecule has 0 bridgehead atoms. The van der Waals surface area contributed by atoms with Crippen LogP contribution in [-0.2, 0) is 14.3 Å². The first-order chi connectivity index (χ1) is 10.5. The van der Waals surface area contributed by atoms with Crippen LogP contribution in [0.15, 0.2) is 47.1 Å². The molecule has 3 N–H and O–H groups in total. The first-order valence-electron chi connectivity index (χ1n) is 6.74. The summed E-state index contributed by atoms with van der Waals surface area (Å²) in [4.78, 5) is 12.2. The van der Waals surface area contributed by atoms with Crippen LogP contribution in [0, 0.1) is 11.3 Å². The second-order valence-corrected chi connectivity index (χ2v) is 4.71. The van der Waals surface area contributed by atoms with E-state index in [0.717, 1.165) is 0 Å². The molecule has 1 aliphatic heterocycles. The van der Waals surface area contributed by atoms with Gasteiger partial charge in [-0.3, -0.25) is 0 Å². The number of ether oxygens (including phenoxy) is 2. The molecule has 22 heavy (non-hydrogen) atoms. The number of nitrogens with two attached hydrogens (primary N) is 1. The molecule has 1 aromatic rings. The molecule has 0 amide bonds. The third-order valence-corrected chi connectivity index (χ3v) is 3.33. The van der Waals surface area contributed by atoms with E-state index in [1.54, 1.807) is 26.0 Å². The number of hydrogen-bond acceptors (Lipinski definition) is 6. The number of rotatable bonds is 3. The highest BCUT2D eigenvalue weighted by Crippen LogP contribution is 2.39. The number of carbonyl (C=O) groups excluding carboxylic acids is 1. The Hall–Kier alpha value is -2.94. The number of aromatic hydroxyl groups is 1. The molecule has 1 aromatic carbocycles. The fourth-order valence-electron chi connectivity index (χ4n) is 2.35. The average Bonchev–Trinajstić information content (AvgIpc) is 2.47. The largest absolute Gasteiger partial charge is 0.508 e. The molecule has 114 valence electrons. The highest BCUT2D eigenvalue weighted by Gasteiger charge is 2.36. The van der Waals surface area contributed by atoms with E-state index >= 15 is 0 Å². The number of phenolic OH excluding ortho intramolecular Hbond substituents is 1. The monoisotopic (exact) mass is 300 g/mol. The van der Waals surface area contributed by atoms with Crippen LogP contribution in [0.1, 0.15) is 25.3 Å². The summed E-state index contributed by atoms with van der Waals surface area (Å²) in [5, 5.41) is 18.8. The van der Waals surface area contributed by atoms with Gasteiger partial charge in [0, 0.05) is 0 Å². The first kappa shape index (κ1) is 15.4. The SMILES string of the molecule is CCOC(=O)C1=C(C)OC(N)=C(C#N)[C@H]1c1ccc(O)cc1. The van der Waals surface area contributed by atoms with E-state index in [4.69, 9.17) is 15.2 Å². The van der Waals surface area contributed by atoms with E-state index in [9.17, 15) is 15.2 Å². The normalized spacial score (nSPS) is 17.8. The van der Waals surface area contributed by atoms with E-state index in [1.165, 1.54) is 12.1 Å². The fraction of sp³-hybridized carbons (Fsp3) is 0.250. The van der Waals surface area contributed by atoms with Gasteiger partial charge in [-0.05, 0) is 31.5 Å². The standard InChI is InChI=1S/C16H16N2O4/c1-3-21-16(20)13-9(2)22-15(18)12(8-17)14(13)10-4-6-11(19)7-5-10/h4-7,14,19H,3,18H2,1-2H3/t14-/m1/s1. The van der Waals surface area contributed by atoms with E-state index in [-0.39, 0.29) is 29.4 Å². The maximum atomic E-state index is 12.2. The third-order valence-electron chi connectivity index (χ3n) is 3.33. The highest BCUT2D eigenvalue weighted by molar-refractivity contribution is 5.92. The average molecular weight is 300 g/mol. The minimum Gasteiger partial charge on any atom is -0.508 e. The van der Waals surface area contributed by atoms with Gasteiger partial charge in [0.05, 0.1) is 18.1 Å². The minimum absolute atomic E-state index is 0.0360. The van der Waals surface area contributed by atoms with Gasteiger partial charge >= 0.3 is 5.97 Å². The van der Waals surface area contributed by atoms with Crippen LogP contribution in [0.25, 0.3) is 0 Å². The van der Waals surface area contributed by atoms with E-state index in [2.05, 4.69) is 0 Å². The summed E-state index contributed by atoms with van der Waals surface area (Å²) >= 11 is 0. The molecular weight excluding hydrogens is 284 g/mol. The Balaban J connectivity index is 2.59. The molecule has 1 aliphatic rings. The van der Waals surface area contributed by atoms with Crippen molar-refractivity contribution in [2.24, 2.45) is 5.73 Å². The molecule has 0 saturated carbocycles. The second-order valence-electron chi connectivity index (χ2n) is 4.71. The maximum absolute atomic E-state index is 12.2. The maximum Gasteiger partial charge on any atom is 0.338 e. The summed E-state index contributed by atoms with van der Waals surface area (Å²) in [6, 6.07) is 8.20. The molecule has 6 nitrogen and oxygen atoms in total. The fourth-order valence-corrected chi connectivity index (χ4v) is 2.35. The smallest absolute Gasteiger partial charge is 0.338 e. The van der Waals surface area contributed by atoms with Gasteiger partial charge in [-0.25, -0.2) is 4.79 Å². The van der Waals surface area contributed by atoms with E-state index < -0.39 is 11.9 Å². The van der Waals surface area contributed by atoms with Crippen molar-refractivity contribution in [2.75, 3.05) is 6.61 Å². The second kappa shape index (κ2) is 6.22. The Morgan fingerprint density at radius 3 is 2.64 bits per heavy atom. The van der Waals surface area contributed by atoms with Crippen molar-refractivity contribution in [2.45, 2.75) is 19.8 Å². The Morgan fingerprint density at radius 2 is 2.09 bits per heavy atom. The number of esters is 1. The van der Waals surface area contributed by atoms with E-state index in [1.807, 2.05) is 6.07 Å². The van der Waals surface area contributed by atoms with Crippen molar-refractivity contribution in [3.05, 3.63) is 52.6 Å². The van der Waals surface area contributed by atoms with Gasteiger partial charge in [-0.15, -0.1) is 0 Å². The quantitative estimate of drug-likeness (QED) is 0.827. The summed E-state index contributed by atoms with van der Waals surface area (Å²) in [5.41, 5.74) is 6.79. The van der Waals surface area contributed by atoms with Crippen molar-refractivity contribution >= 4 is 5.97 Å². The molecule has 6 heteroatoms. The number of allylic oxidation sites excluding steroid dienone is 2. The molecule has 1 atom stereocenters. The zero-order valence-corrected chi connectivity index (χ0v) is 12.3. The number of phenols is 1. The number of benzene rings is 1. The lowest BCUT2D eigenvalue weighted by Gasteiger charge is -2.26. The van der Waals surface area contributed by atoms with Crippen LogP contribution >= 0.6 is 0 Å². The lowest BCUT2D eigenvalue weighted by atomic mass is 9.83. The van der Waals surface area contributed by atoms with Crippen molar-refractivity contribution in [3.63, 3.8) is 0 Å². The molecule has 0 radical (unpaired) electrons. The zero-order chi connectivity index (χ0) is 16.3. The van der Waals surface area contributed by atoms with Crippen molar-refractivity contribution in [1.82, 2.24) is 0 Å². The lowest BCUT2D eigenvalue weighted by Crippen LogP contribution is -2.25. The highest BCUT2D eigenvalue weighted by atomic mass is 16.5. The van der Waals surface area contributed by atoms with Gasteiger partial charge < -0.3 is 20.3 Å². The van der Waals surface area contributed by atoms with Crippen molar-refractivity contribution in [3.8, 4) is 11.8 Å². The summed E-state index contributed by atoms with van der Waals surface area (Å²) in [6.07, 6.45) is 0. The van der Waals surface area contributed by atoms with Gasteiger partial charge in [0.2, 0.25) is 5.88 Å². The number of hydrogen-bond donors (Lipinski definition) is 2. The predicted molar refractivity (Wildman–Crippen MR) is 78.1 cm³/mol. The Morgan fingerprint density at radius 1 is 1.45 bits per heavy atom. The summed E-state index contributed by atoms with van der Waals surface area (Å²) in [5.74, 6) is -0.888. The molecule has 0 unspecified atom stereocenters. The topological polar surface area (TPSA) is 106 Å². The molecule has 0 aliphatic carbocycles. The van der Waals surface area contributed by atoms with Gasteiger partial charge in [-0.1, -0.05) is 12.1 Å². The minimum atomic E-state index is -0.682. The summed E-state index contributed by atoms with van der Waals surface area (Å²) in [7, 11) is 0. The van der Waals surface area contributed by atoms with Crippen LogP contribution in [0.4, 0.5) is 0 Å². The number of nitriles is 1. The van der Waals surface area contributed by atoms with Crippen molar-refractivity contribution < 1.29 is 19.4 Å². The molecule has 2 rings (SSSR count). The predicted octanol–water partition coefficient (Wildman–Crippen LogP) is 2.04. The number of nitrogens with zero attached hydrogens (tertiary/aromatic N) is 1.